The number of benzene rings is 1. The molecule has 0 saturated carbocycles. The third-order valence-corrected chi connectivity index (χ3v) is 4.39. The van der Waals surface area contributed by atoms with Crippen molar-refractivity contribution in [1.29, 1.82) is 5.26 Å². The van der Waals surface area contributed by atoms with Crippen molar-refractivity contribution in [2.24, 2.45) is 4.99 Å². The minimum absolute atomic E-state index is 0. The Labute approximate surface area is 174 Å². The van der Waals surface area contributed by atoms with Crippen molar-refractivity contribution < 1.29 is 4.74 Å². The maximum absolute atomic E-state index is 8.86. The summed E-state index contributed by atoms with van der Waals surface area (Å²) in [6, 6.07) is 10.2. The molecule has 0 aliphatic carbocycles. The Hall–Kier alpha value is -1.37. The maximum atomic E-state index is 8.86. The van der Waals surface area contributed by atoms with Crippen LogP contribution in [-0.4, -0.2) is 56.8 Å². The van der Waals surface area contributed by atoms with Gasteiger partial charge in [0.15, 0.2) is 5.96 Å². The number of halogens is 1. The van der Waals surface area contributed by atoms with Crippen LogP contribution in [0.4, 0.5) is 0 Å². The smallest absolute Gasteiger partial charge is 0.191 e. The van der Waals surface area contributed by atoms with E-state index in [1.807, 2.05) is 24.3 Å². The zero-order chi connectivity index (χ0) is 17.9. The number of nitrogens with one attached hydrogen (secondary N) is 2. The quantitative estimate of drug-likeness (QED) is 0.363. The van der Waals surface area contributed by atoms with Crippen LogP contribution in [-0.2, 0) is 11.3 Å². The molecule has 7 heteroatoms. The predicted molar refractivity (Wildman–Crippen MR) is 116 cm³/mol. The Morgan fingerprint density at radius 2 is 2.00 bits per heavy atom. The van der Waals surface area contributed by atoms with Gasteiger partial charge in [-0.15, -0.1) is 24.0 Å². The number of ether oxygens (including phenoxy) is 1. The zero-order valence-electron chi connectivity index (χ0n) is 15.7. The third kappa shape index (κ3) is 7.89. The van der Waals surface area contributed by atoms with Crippen molar-refractivity contribution in [3.63, 3.8) is 0 Å². The summed E-state index contributed by atoms with van der Waals surface area (Å²) in [6.07, 6.45) is 2.23. The third-order valence-electron chi connectivity index (χ3n) is 4.39. The highest BCUT2D eigenvalue weighted by Gasteiger charge is 2.19. The van der Waals surface area contributed by atoms with Crippen LogP contribution in [0.15, 0.2) is 29.3 Å². The largest absolute Gasteiger partial charge is 0.383 e. The van der Waals surface area contributed by atoms with Gasteiger partial charge in [-0.1, -0.05) is 12.1 Å². The van der Waals surface area contributed by atoms with E-state index in [-0.39, 0.29) is 24.0 Å². The van der Waals surface area contributed by atoms with Gasteiger partial charge < -0.3 is 20.3 Å². The van der Waals surface area contributed by atoms with E-state index >= 15 is 0 Å². The zero-order valence-corrected chi connectivity index (χ0v) is 18.0. The Morgan fingerprint density at radius 1 is 1.31 bits per heavy atom. The second-order valence-electron chi connectivity index (χ2n) is 6.26. The molecule has 1 fully saturated rings. The minimum atomic E-state index is 0. The topological polar surface area (TPSA) is 72.7 Å². The fraction of sp³-hybridized carbons (Fsp3) is 0.579. The van der Waals surface area contributed by atoms with E-state index in [0.717, 1.165) is 57.2 Å². The molecule has 0 atom stereocenters. The Morgan fingerprint density at radius 3 is 2.58 bits per heavy atom. The van der Waals surface area contributed by atoms with Crippen LogP contribution in [0.5, 0.6) is 0 Å². The van der Waals surface area contributed by atoms with Gasteiger partial charge in [-0.05, 0) is 37.5 Å². The molecule has 0 unspecified atom stereocenters. The monoisotopic (exact) mass is 471 g/mol. The molecular weight excluding hydrogens is 441 g/mol. The molecule has 1 aliphatic rings. The van der Waals surface area contributed by atoms with Crippen molar-refractivity contribution >= 4 is 29.9 Å². The molecule has 1 aromatic carbocycles. The number of nitriles is 1. The van der Waals surface area contributed by atoms with Crippen molar-refractivity contribution in [1.82, 2.24) is 15.5 Å². The van der Waals surface area contributed by atoms with Gasteiger partial charge in [0, 0.05) is 39.3 Å². The number of rotatable bonds is 7. The standard InChI is InChI=1S/C19H29N5O.HI/c1-3-21-19(22-15-17-6-4-16(14-20)5-7-17)23-18-8-10-24(11-9-18)12-13-25-2;/h4-7,18H,3,8-13,15H2,1-2H3,(H2,21,22,23);1H. The van der Waals surface area contributed by atoms with Gasteiger partial charge in [0.05, 0.1) is 24.8 Å². The second kappa shape index (κ2) is 12.9. The van der Waals surface area contributed by atoms with Crippen molar-refractivity contribution in [3.8, 4) is 6.07 Å². The van der Waals surface area contributed by atoms with Crippen LogP contribution in [0.2, 0.25) is 0 Å². The van der Waals surface area contributed by atoms with Gasteiger partial charge in [-0.3, -0.25) is 0 Å². The highest BCUT2D eigenvalue weighted by molar-refractivity contribution is 14.0. The molecule has 1 aliphatic heterocycles. The molecule has 0 amide bonds. The van der Waals surface area contributed by atoms with Crippen molar-refractivity contribution in [3.05, 3.63) is 35.4 Å². The van der Waals surface area contributed by atoms with E-state index in [0.29, 0.717) is 18.2 Å². The van der Waals surface area contributed by atoms with Crippen LogP contribution in [0.25, 0.3) is 0 Å². The summed E-state index contributed by atoms with van der Waals surface area (Å²) in [6.45, 7) is 7.51. The first-order valence-corrected chi connectivity index (χ1v) is 9.00. The SMILES string of the molecule is CCNC(=NCc1ccc(C#N)cc1)NC1CCN(CCOC)CC1.I. The lowest BCUT2D eigenvalue weighted by Gasteiger charge is -2.32. The summed E-state index contributed by atoms with van der Waals surface area (Å²) in [4.78, 5) is 7.13. The highest BCUT2D eigenvalue weighted by Crippen LogP contribution is 2.10. The predicted octanol–water partition coefficient (Wildman–Crippen LogP) is 2.34. The number of hydrogen-bond acceptors (Lipinski definition) is 4. The Kier molecular flexibility index (Phi) is 11.2. The molecule has 0 aromatic heterocycles. The average Bonchev–Trinajstić information content (AvgIpc) is 2.66. The van der Waals surface area contributed by atoms with Gasteiger partial charge in [-0.25, -0.2) is 4.99 Å². The molecule has 144 valence electrons. The Balaban J connectivity index is 0.00000338. The molecule has 0 radical (unpaired) electrons. The number of likely N-dealkylation sites (tertiary alicyclic amines) is 1. The van der Waals surface area contributed by atoms with Gasteiger partial charge in [-0.2, -0.15) is 5.26 Å². The summed E-state index contributed by atoms with van der Waals surface area (Å²) in [5.74, 6) is 0.863. The summed E-state index contributed by atoms with van der Waals surface area (Å²) in [5.41, 5.74) is 1.78. The first kappa shape index (κ1) is 22.7. The maximum Gasteiger partial charge on any atom is 0.191 e. The lowest BCUT2D eigenvalue weighted by atomic mass is 10.1. The molecule has 1 saturated heterocycles. The fourth-order valence-corrected chi connectivity index (χ4v) is 2.89. The Bertz CT molecular complexity index is 577. The summed E-state index contributed by atoms with van der Waals surface area (Å²) in [5, 5.41) is 15.7. The molecule has 1 heterocycles. The first-order valence-electron chi connectivity index (χ1n) is 9.00. The number of methoxy groups -OCH3 is 1. The van der Waals surface area contributed by atoms with Gasteiger partial charge >= 0.3 is 0 Å². The molecule has 2 rings (SSSR count). The van der Waals surface area contributed by atoms with Crippen LogP contribution >= 0.6 is 24.0 Å². The lowest BCUT2D eigenvalue weighted by molar-refractivity contribution is 0.128. The molecular formula is C19H30IN5O. The molecule has 0 bridgehead atoms. The van der Waals surface area contributed by atoms with E-state index in [4.69, 9.17) is 10.00 Å². The summed E-state index contributed by atoms with van der Waals surface area (Å²) in [7, 11) is 1.75. The van der Waals surface area contributed by atoms with E-state index in [2.05, 4.69) is 33.5 Å². The summed E-state index contributed by atoms with van der Waals surface area (Å²) < 4.78 is 5.15. The number of piperidine rings is 1. The van der Waals surface area contributed by atoms with Crippen molar-refractivity contribution in [2.75, 3.05) is 39.9 Å². The molecule has 2 N–H and O–H groups in total. The normalized spacial score (nSPS) is 15.8. The van der Waals surface area contributed by atoms with Gasteiger partial charge in [0.25, 0.3) is 0 Å². The number of nitrogens with zero attached hydrogens (tertiary/aromatic N) is 3. The fourth-order valence-electron chi connectivity index (χ4n) is 2.89. The van der Waals surface area contributed by atoms with Gasteiger partial charge in [0.2, 0.25) is 0 Å². The molecule has 26 heavy (non-hydrogen) atoms. The number of hydrogen-bond donors (Lipinski definition) is 2. The average molecular weight is 471 g/mol. The van der Waals surface area contributed by atoms with E-state index in [1.54, 1.807) is 7.11 Å². The van der Waals surface area contributed by atoms with E-state index in [9.17, 15) is 0 Å². The molecule has 1 aromatic rings. The minimum Gasteiger partial charge on any atom is -0.383 e. The number of aliphatic imine (C=N–C) groups is 1. The van der Waals surface area contributed by atoms with Crippen LogP contribution in [0, 0.1) is 11.3 Å². The number of guanidine groups is 1. The summed E-state index contributed by atoms with van der Waals surface area (Å²) >= 11 is 0. The van der Waals surface area contributed by atoms with Crippen molar-refractivity contribution in [2.45, 2.75) is 32.4 Å². The van der Waals surface area contributed by atoms with E-state index in [1.165, 1.54) is 0 Å². The van der Waals surface area contributed by atoms with E-state index < -0.39 is 0 Å². The van der Waals surface area contributed by atoms with Crippen LogP contribution < -0.4 is 10.6 Å². The lowest BCUT2D eigenvalue weighted by Crippen LogP contribution is -2.49. The van der Waals surface area contributed by atoms with Crippen LogP contribution in [0.1, 0.15) is 30.9 Å². The highest BCUT2D eigenvalue weighted by atomic mass is 127. The van der Waals surface area contributed by atoms with Crippen LogP contribution in [0.3, 0.4) is 0 Å². The molecule has 6 nitrogen and oxygen atoms in total. The molecule has 0 spiro atoms. The first-order chi connectivity index (χ1) is 12.2. The van der Waals surface area contributed by atoms with Gasteiger partial charge in [0.1, 0.15) is 0 Å². The second-order valence-corrected chi connectivity index (χ2v) is 6.26.